The van der Waals surface area contributed by atoms with E-state index in [1.807, 2.05) is 182 Å². The predicted octanol–water partition coefficient (Wildman–Crippen LogP) is 5.91. The molecular formula is C36H32NNiO3P2+. The van der Waals surface area contributed by atoms with Crippen LogP contribution in [0.3, 0.4) is 0 Å². The van der Waals surface area contributed by atoms with Gasteiger partial charge >= 0.3 is 248 Å². The molecule has 6 rings (SSSR count). The van der Waals surface area contributed by atoms with Crippen LogP contribution in [0.25, 0.3) is 0 Å². The minimum atomic E-state index is -3.38. The SMILES string of the molecule is O=[N+](O[PH](c1ccccc1)(c1ccccc1)c1ccccc1)O[PH](c1ccccc1)(c1ccccc1)c1ccccc1.[Ni]. The zero-order valence-electron chi connectivity index (χ0n) is 23.3. The Hall–Kier alpha value is -4.13. The summed E-state index contributed by atoms with van der Waals surface area (Å²) in [6, 6.07) is 60.1. The monoisotopic (exact) mass is 646 g/mol. The molecule has 6 aromatic rings. The average Bonchev–Trinajstić information content (AvgIpc) is 3.08. The van der Waals surface area contributed by atoms with E-state index in [0.717, 1.165) is 31.8 Å². The summed E-state index contributed by atoms with van der Waals surface area (Å²) in [6.45, 7) is 0. The Morgan fingerprint density at radius 1 is 0.326 bits per heavy atom. The molecule has 0 amide bonds. The standard InChI is InChI=1S/C36H32NO3P2.Ni/c38-37(39-41(31-19-7-1-8-20-31,32-21-9-2-10-22-32)33-23-11-3-12-24-33)40-42(34-25-13-4-14-26-34,35-27-15-5-16-28-35)36-29-17-6-18-30-36;/h1-30,41-42H;/q+1;. The van der Waals surface area contributed by atoms with Gasteiger partial charge in [0.2, 0.25) is 0 Å². The van der Waals surface area contributed by atoms with Crippen LogP contribution in [0, 0.1) is 4.91 Å². The number of benzene rings is 6. The summed E-state index contributed by atoms with van der Waals surface area (Å²) in [4.78, 5) is 14.5. The van der Waals surface area contributed by atoms with E-state index in [0.29, 0.717) is 5.09 Å². The molecule has 43 heavy (non-hydrogen) atoms. The molecule has 0 fully saturated rings. The normalized spacial score (nSPS) is 11.9. The molecule has 0 N–H and O–H groups in total. The predicted molar refractivity (Wildman–Crippen MR) is 179 cm³/mol. The molecule has 0 aliphatic carbocycles. The molecule has 0 heterocycles. The van der Waals surface area contributed by atoms with Crippen LogP contribution in [0.1, 0.15) is 0 Å². The van der Waals surface area contributed by atoms with Crippen molar-refractivity contribution in [1.82, 2.24) is 0 Å². The maximum absolute atomic E-state index is 14.5. The average molecular weight is 647 g/mol. The van der Waals surface area contributed by atoms with Gasteiger partial charge in [0.25, 0.3) is 0 Å². The van der Waals surface area contributed by atoms with Crippen LogP contribution in [0.15, 0.2) is 182 Å². The number of hydrogen-bond donors (Lipinski definition) is 0. The van der Waals surface area contributed by atoms with Gasteiger partial charge in [-0.1, -0.05) is 0 Å². The summed E-state index contributed by atoms with van der Waals surface area (Å²) < 4.78 is 13.5. The fraction of sp³-hybridized carbons (Fsp3) is 0. The minimum Gasteiger partial charge on any atom is 0 e. The van der Waals surface area contributed by atoms with E-state index in [1.54, 1.807) is 0 Å². The Morgan fingerprint density at radius 2 is 0.488 bits per heavy atom. The van der Waals surface area contributed by atoms with E-state index in [-0.39, 0.29) is 16.5 Å². The molecule has 0 saturated carbocycles. The first-order valence-electron chi connectivity index (χ1n) is 13.9. The second-order valence-electron chi connectivity index (χ2n) is 9.96. The second-order valence-corrected chi connectivity index (χ2v) is 16.5. The van der Waals surface area contributed by atoms with Crippen molar-refractivity contribution < 1.29 is 30.8 Å². The van der Waals surface area contributed by atoms with E-state index in [1.165, 1.54) is 0 Å². The molecule has 6 aromatic carbocycles. The van der Waals surface area contributed by atoms with E-state index in [4.69, 9.17) is 9.25 Å². The smallest absolute Gasteiger partial charge is 0 e. The fourth-order valence-corrected chi connectivity index (χ4v) is 12.8. The van der Waals surface area contributed by atoms with Crippen LogP contribution >= 0.6 is 15.0 Å². The third kappa shape index (κ3) is 6.03. The van der Waals surface area contributed by atoms with Gasteiger partial charge in [-0.15, -0.1) is 0 Å². The quantitative estimate of drug-likeness (QED) is 0.106. The van der Waals surface area contributed by atoms with Crippen LogP contribution in [0.5, 0.6) is 0 Å². The minimum absolute atomic E-state index is 0. The van der Waals surface area contributed by atoms with Crippen LogP contribution in [-0.4, -0.2) is 5.09 Å². The maximum Gasteiger partial charge on any atom is 0 e. The van der Waals surface area contributed by atoms with Crippen LogP contribution in [0.4, 0.5) is 0 Å². The molecular weight excluding hydrogens is 615 g/mol. The zero-order chi connectivity index (χ0) is 28.7. The Labute approximate surface area is 263 Å². The summed E-state index contributed by atoms with van der Waals surface area (Å²) in [6.07, 6.45) is 0. The van der Waals surface area contributed by atoms with Crippen molar-refractivity contribution in [3.8, 4) is 0 Å². The molecule has 7 heteroatoms. The molecule has 0 atom stereocenters. The summed E-state index contributed by atoms with van der Waals surface area (Å²) in [7, 11) is -6.76. The first-order valence-corrected chi connectivity index (χ1v) is 17.7. The Morgan fingerprint density at radius 3 is 0.651 bits per heavy atom. The van der Waals surface area contributed by atoms with Crippen molar-refractivity contribution >= 4 is 46.8 Å². The third-order valence-electron chi connectivity index (χ3n) is 7.50. The second kappa shape index (κ2) is 13.9. The van der Waals surface area contributed by atoms with E-state index in [9.17, 15) is 4.91 Å². The molecule has 0 spiro atoms. The molecule has 0 aliphatic heterocycles. The molecule has 0 aliphatic rings. The third-order valence-corrected chi connectivity index (χ3v) is 15.2. The Bertz CT molecular complexity index is 1410. The number of rotatable bonds is 10. The molecule has 0 bridgehead atoms. The first kappa shape index (κ1) is 30.3. The van der Waals surface area contributed by atoms with Gasteiger partial charge in [0.05, 0.1) is 0 Å². The zero-order valence-corrected chi connectivity index (χ0v) is 26.3. The van der Waals surface area contributed by atoms with E-state index >= 15 is 0 Å². The summed E-state index contributed by atoms with van der Waals surface area (Å²) in [5, 5.41) is 6.07. The summed E-state index contributed by atoms with van der Waals surface area (Å²) in [5.74, 6) is 0. The summed E-state index contributed by atoms with van der Waals surface area (Å²) >= 11 is 0. The molecule has 0 unspecified atom stereocenters. The molecule has 4 nitrogen and oxygen atoms in total. The molecule has 0 aromatic heterocycles. The van der Waals surface area contributed by atoms with Gasteiger partial charge in [-0.2, -0.15) is 0 Å². The van der Waals surface area contributed by atoms with E-state index < -0.39 is 15.0 Å². The van der Waals surface area contributed by atoms with Gasteiger partial charge < -0.3 is 0 Å². The van der Waals surface area contributed by atoms with Gasteiger partial charge in [-0.25, -0.2) is 0 Å². The van der Waals surface area contributed by atoms with Crippen molar-refractivity contribution in [1.29, 1.82) is 0 Å². The van der Waals surface area contributed by atoms with Crippen molar-refractivity contribution in [2.75, 3.05) is 0 Å². The largest absolute Gasteiger partial charge is 0 e. The van der Waals surface area contributed by atoms with Crippen LogP contribution < -0.4 is 31.8 Å². The van der Waals surface area contributed by atoms with Crippen molar-refractivity contribution in [2.24, 2.45) is 0 Å². The fourth-order valence-electron chi connectivity index (χ4n) is 5.60. The number of hydrogen-bond acceptors (Lipinski definition) is 3. The first-order chi connectivity index (χ1) is 20.7. The van der Waals surface area contributed by atoms with Gasteiger partial charge in [-0.3, -0.25) is 0 Å². The van der Waals surface area contributed by atoms with E-state index in [2.05, 4.69) is 0 Å². The molecule has 0 radical (unpaired) electrons. The van der Waals surface area contributed by atoms with Crippen LogP contribution in [0.2, 0.25) is 0 Å². The van der Waals surface area contributed by atoms with Gasteiger partial charge in [-0.05, 0) is 0 Å². The van der Waals surface area contributed by atoms with Gasteiger partial charge in [0.15, 0.2) is 0 Å². The topological polar surface area (TPSA) is 38.5 Å². The van der Waals surface area contributed by atoms with Crippen molar-refractivity contribution in [3.05, 3.63) is 187 Å². The Kier molecular flexibility index (Phi) is 9.80. The molecule has 218 valence electrons. The Balaban J connectivity index is 0.00000368. The van der Waals surface area contributed by atoms with Gasteiger partial charge in [0, 0.05) is 16.5 Å². The molecule has 0 saturated heterocycles. The van der Waals surface area contributed by atoms with Crippen molar-refractivity contribution in [3.63, 3.8) is 0 Å². The summed E-state index contributed by atoms with van der Waals surface area (Å²) in [5.41, 5.74) is 0. The number of nitrogens with zero attached hydrogens (tertiary/aromatic N) is 1. The van der Waals surface area contributed by atoms with Crippen LogP contribution in [-0.2, 0) is 25.7 Å². The maximum atomic E-state index is 14.5. The van der Waals surface area contributed by atoms with Gasteiger partial charge in [0.1, 0.15) is 0 Å². The van der Waals surface area contributed by atoms with Crippen molar-refractivity contribution in [2.45, 2.75) is 0 Å².